The maximum atomic E-state index is 10.9. The number of hydrogen-bond donors (Lipinski definition) is 1. The van der Waals surface area contributed by atoms with Gasteiger partial charge in [-0.1, -0.05) is 0 Å². The third-order valence-electron chi connectivity index (χ3n) is 3.58. The van der Waals surface area contributed by atoms with Gasteiger partial charge in [-0.05, 0) is 19.2 Å². The van der Waals surface area contributed by atoms with E-state index in [2.05, 4.69) is 26.9 Å². The number of hydrogen-bond acceptors (Lipinski definition) is 5. The topological polar surface area (TPSA) is 74.0 Å². The highest BCUT2D eigenvalue weighted by molar-refractivity contribution is 5.87. The van der Waals surface area contributed by atoms with Crippen LogP contribution in [0.25, 0.3) is 5.65 Å². The number of pyridine rings is 1. The molecule has 20 heavy (non-hydrogen) atoms. The Morgan fingerprint density at radius 2 is 2.05 bits per heavy atom. The van der Waals surface area contributed by atoms with Crippen LogP contribution in [0.2, 0.25) is 0 Å². The van der Waals surface area contributed by atoms with Gasteiger partial charge in [0.25, 0.3) is 0 Å². The molecule has 0 atom stereocenters. The zero-order chi connectivity index (χ0) is 14.1. The Kier molecular flexibility index (Phi) is 3.37. The lowest BCUT2D eigenvalue weighted by Crippen LogP contribution is -2.44. The highest BCUT2D eigenvalue weighted by Gasteiger charge is 2.16. The van der Waals surface area contributed by atoms with Crippen molar-refractivity contribution in [1.82, 2.24) is 24.4 Å². The summed E-state index contributed by atoms with van der Waals surface area (Å²) in [6, 6.07) is 3.23. The highest BCUT2D eigenvalue weighted by Crippen LogP contribution is 2.08. The zero-order valence-electron chi connectivity index (χ0n) is 11.4. The van der Waals surface area contributed by atoms with Gasteiger partial charge in [-0.15, -0.1) is 5.10 Å². The molecule has 2 aromatic rings. The van der Waals surface area contributed by atoms with Crippen molar-refractivity contribution < 1.29 is 9.90 Å². The van der Waals surface area contributed by atoms with E-state index in [0.29, 0.717) is 12.2 Å². The maximum Gasteiger partial charge on any atom is 0.337 e. The van der Waals surface area contributed by atoms with Crippen LogP contribution < -0.4 is 0 Å². The Balaban J connectivity index is 1.77. The van der Waals surface area contributed by atoms with Crippen LogP contribution in [0.1, 0.15) is 16.2 Å². The minimum atomic E-state index is -0.956. The minimum Gasteiger partial charge on any atom is -0.478 e. The van der Waals surface area contributed by atoms with E-state index < -0.39 is 5.97 Å². The lowest BCUT2D eigenvalue weighted by molar-refractivity contribution is 0.0696. The molecule has 0 bridgehead atoms. The number of nitrogens with zero attached hydrogens (tertiary/aromatic N) is 5. The van der Waals surface area contributed by atoms with E-state index in [9.17, 15) is 4.79 Å². The lowest BCUT2D eigenvalue weighted by Gasteiger charge is -2.31. The molecule has 0 unspecified atom stereocenters. The van der Waals surface area contributed by atoms with Crippen LogP contribution in [0.4, 0.5) is 0 Å². The first kappa shape index (κ1) is 13.0. The van der Waals surface area contributed by atoms with Crippen LogP contribution in [0.3, 0.4) is 0 Å². The average molecular weight is 275 g/mol. The number of aromatic carboxylic acids is 1. The Bertz CT molecular complexity index is 631. The molecular formula is C13H17N5O2. The molecule has 0 radical (unpaired) electrons. The molecule has 0 aliphatic carbocycles. The minimum absolute atomic E-state index is 0.216. The van der Waals surface area contributed by atoms with Crippen molar-refractivity contribution >= 4 is 11.6 Å². The summed E-state index contributed by atoms with van der Waals surface area (Å²) < 4.78 is 1.54. The van der Waals surface area contributed by atoms with Crippen LogP contribution >= 0.6 is 0 Å². The molecule has 7 nitrogen and oxygen atoms in total. The highest BCUT2D eigenvalue weighted by atomic mass is 16.4. The molecule has 0 saturated carbocycles. The van der Waals surface area contributed by atoms with Crippen molar-refractivity contribution in [1.29, 1.82) is 0 Å². The first-order valence-electron chi connectivity index (χ1n) is 6.61. The molecule has 0 amide bonds. The molecule has 3 rings (SSSR count). The Labute approximate surface area is 116 Å². The molecule has 0 spiro atoms. The number of carboxylic acids is 1. The number of piperazine rings is 1. The Morgan fingerprint density at radius 1 is 1.30 bits per heavy atom. The molecule has 0 aromatic carbocycles. The lowest BCUT2D eigenvalue weighted by atomic mass is 10.3. The van der Waals surface area contributed by atoms with E-state index >= 15 is 0 Å². The monoisotopic (exact) mass is 275 g/mol. The summed E-state index contributed by atoms with van der Waals surface area (Å²) in [6.45, 7) is 4.82. The van der Waals surface area contributed by atoms with Crippen molar-refractivity contribution in [2.75, 3.05) is 33.2 Å². The smallest absolute Gasteiger partial charge is 0.337 e. The molecule has 1 fully saturated rings. The van der Waals surface area contributed by atoms with Crippen LogP contribution in [0.5, 0.6) is 0 Å². The Hall–Kier alpha value is -1.99. The fourth-order valence-electron chi connectivity index (χ4n) is 2.33. The van der Waals surface area contributed by atoms with Crippen molar-refractivity contribution in [3.05, 3.63) is 29.7 Å². The van der Waals surface area contributed by atoms with Crippen LogP contribution in [-0.2, 0) is 6.54 Å². The summed E-state index contributed by atoms with van der Waals surface area (Å²) in [7, 11) is 2.12. The molecule has 2 aromatic heterocycles. The number of likely N-dealkylation sites (N-methyl/N-ethyl adjacent to an activating group) is 1. The molecule has 106 valence electrons. The summed E-state index contributed by atoms with van der Waals surface area (Å²) in [5.41, 5.74) is 0.896. The van der Waals surface area contributed by atoms with Gasteiger partial charge in [0.05, 0.1) is 12.1 Å². The van der Waals surface area contributed by atoms with Gasteiger partial charge >= 0.3 is 5.97 Å². The van der Waals surface area contributed by atoms with E-state index in [0.717, 1.165) is 32.0 Å². The van der Waals surface area contributed by atoms with Gasteiger partial charge in [0, 0.05) is 32.4 Å². The molecule has 3 heterocycles. The van der Waals surface area contributed by atoms with Gasteiger partial charge < -0.3 is 10.0 Å². The van der Waals surface area contributed by atoms with E-state index in [1.807, 2.05) is 0 Å². The van der Waals surface area contributed by atoms with Gasteiger partial charge in [-0.25, -0.2) is 14.3 Å². The second-order valence-corrected chi connectivity index (χ2v) is 5.13. The molecule has 1 aliphatic rings. The van der Waals surface area contributed by atoms with Crippen LogP contribution in [-0.4, -0.2) is 68.7 Å². The summed E-state index contributed by atoms with van der Waals surface area (Å²) in [4.78, 5) is 20.0. The number of fused-ring (bicyclic) bond motifs is 1. The maximum absolute atomic E-state index is 10.9. The summed E-state index contributed by atoms with van der Waals surface area (Å²) >= 11 is 0. The van der Waals surface area contributed by atoms with Gasteiger partial charge in [0.1, 0.15) is 0 Å². The predicted octanol–water partition coefficient (Wildman–Crippen LogP) is 0.175. The van der Waals surface area contributed by atoms with E-state index in [1.54, 1.807) is 12.1 Å². The quantitative estimate of drug-likeness (QED) is 0.861. The third kappa shape index (κ3) is 2.63. The van der Waals surface area contributed by atoms with Crippen LogP contribution in [0, 0.1) is 0 Å². The summed E-state index contributed by atoms with van der Waals surface area (Å²) in [6.07, 6.45) is 1.50. The normalized spacial score (nSPS) is 17.6. The standard InChI is InChI=1S/C13H17N5O2/c1-16-4-6-17(7-5-16)9-11-14-12-3-2-10(13(19)20)8-18(12)15-11/h2-3,8H,4-7,9H2,1H3,(H,19,20). The average Bonchev–Trinajstić information content (AvgIpc) is 2.82. The first-order chi connectivity index (χ1) is 9.61. The molecule has 1 aliphatic heterocycles. The van der Waals surface area contributed by atoms with Crippen LogP contribution in [0.15, 0.2) is 18.3 Å². The second kappa shape index (κ2) is 5.18. The SMILES string of the molecule is CN1CCN(Cc2nc3ccc(C(=O)O)cn3n2)CC1. The number of carboxylic acid groups (broad SMARTS) is 1. The molecule has 1 N–H and O–H groups in total. The fraction of sp³-hybridized carbons (Fsp3) is 0.462. The zero-order valence-corrected chi connectivity index (χ0v) is 11.4. The van der Waals surface area contributed by atoms with E-state index in [4.69, 9.17) is 5.11 Å². The number of aromatic nitrogens is 3. The van der Waals surface area contributed by atoms with Crippen molar-refractivity contribution in [3.8, 4) is 0 Å². The fourth-order valence-corrected chi connectivity index (χ4v) is 2.33. The van der Waals surface area contributed by atoms with Crippen molar-refractivity contribution in [2.24, 2.45) is 0 Å². The van der Waals surface area contributed by atoms with E-state index in [-0.39, 0.29) is 5.56 Å². The summed E-state index contributed by atoms with van der Waals surface area (Å²) in [5.74, 6) is -0.222. The molecule has 1 saturated heterocycles. The Morgan fingerprint density at radius 3 is 2.75 bits per heavy atom. The molecular weight excluding hydrogens is 258 g/mol. The van der Waals surface area contributed by atoms with E-state index in [1.165, 1.54) is 10.7 Å². The summed E-state index contributed by atoms with van der Waals surface area (Å²) in [5, 5.41) is 13.3. The predicted molar refractivity (Wildman–Crippen MR) is 72.7 cm³/mol. The largest absolute Gasteiger partial charge is 0.478 e. The van der Waals surface area contributed by atoms with Gasteiger partial charge in [0.15, 0.2) is 11.5 Å². The first-order valence-corrected chi connectivity index (χ1v) is 6.61. The van der Waals surface area contributed by atoms with Gasteiger partial charge in [0.2, 0.25) is 0 Å². The molecule has 7 heteroatoms. The number of carbonyl (C=O) groups is 1. The van der Waals surface area contributed by atoms with Gasteiger partial charge in [-0.2, -0.15) is 0 Å². The van der Waals surface area contributed by atoms with Crippen molar-refractivity contribution in [2.45, 2.75) is 6.54 Å². The number of rotatable bonds is 3. The van der Waals surface area contributed by atoms with Gasteiger partial charge in [-0.3, -0.25) is 4.90 Å². The third-order valence-corrected chi connectivity index (χ3v) is 3.58. The second-order valence-electron chi connectivity index (χ2n) is 5.13. The van der Waals surface area contributed by atoms with Crippen molar-refractivity contribution in [3.63, 3.8) is 0 Å².